The fourth-order valence-electron chi connectivity index (χ4n) is 6.85. The van der Waals surface area contributed by atoms with Gasteiger partial charge in [0.1, 0.15) is 11.2 Å². The SMILES string of the molecule is C1=Cc2ccccc2-c2cccc(c2)C(c2ccc(N(c3ccc(-c4cccc5c4oc4ccccc45)cc3)c3cccnc3)cc2)=C1. The van der Waals surface area contributed by atoms with Gasteiger partial charge in [-0.05, 0) is 87.5 Å². The van der Waals surface area contributed by atoms with Crippen molar-refractivity contribution in [3.63, 3.8) is 0 Å². The fraction of sp³-hybridized carbons (Fsp3) is 0. The van der Waals surface area contributed by atoms with Crippen LogP contribution in [0, 0.1) is 0 Å². The quantitative estimate of drug-likeness (QED) is 0.193. The van der Waals surface area contributed by atoms with E-state index in [1.54, 1.807) is 0 Å². The second-order valence-corrected chi connectivity index (χ2v) is 12.0. The molecule has 48 heavy (non-hydrogen) atoms. The standard InChI is InChI=1S/C45H30N2O/c1-2-14-39-31(9-1)10-6-16-40(35-12-5-11-34(39)29-35)32-20-24-36(25-21-32)47(38-13-8-28-46-30-38)37-26-22-33(23-27-37)41-17-7-18-43-42-15-3-4-19-44(42)48-45(41)43/h1-30H. The molecule has 0 unspecified atom stereocenters. The zero-order valence-electron chi connectivity index (χ0n) is 26.1. The van der Waals surface area contributed by atoms with Crippen LogP contribution in [-0.4, -0.2) is 4.98 Å². The topological polar surface area (TPSA) is 29.3 Å². The molecule has 0 fully saturated rings. The van der Waals surface area contributed by atoms with Crippen LogP contribution in [0.4, 0.5) is 17.1 Å². The van der Waals surface area contributed by atoms with Crippen LogP contribution in [0.1, 0.15) is 16.7 Å². The van der Waals surface area contributed by atoms with Gasteiger partial charge in [0, 0.05) is 33.9 Å². The van der Waals surface area contributed by atoms with Crippen molar-refractivity contribution >= 4 is 50.6 Å². The van der Waals surface area contributed by atoms with E-state index in [-0.39, 0.29) is 0 Å². The van der Waals surface area contributed by atoms with Gasteiger partial charge in [0.05, 0.1) is 11.9 Å². The summed E-state index contributed by atoms with van der Waals surface area (Å²) >= 11 is 0. The minimum absolute atomic E-state index is 0.905. The number of benzene rings is 6. The molecule has 1 aliphatic carbocycles. The number of furan rings is 1. The molecule has 1 aliphatic rings. The van der Waals surface area contributed by atoms with Crippen molar-refractivity contribution in [2.45, 2.75) is 0 Å². The maximum atomic E-state index is 6.34. The molecule has 0 aliphatic heterocycles. The van der Waals surface area contributed by atoms with Crippen molar-refractivity contribution in [3.8, 4) is 22.3 Å². The second-order valence-electron chi connectivity index (χ2n) is 12.0. The lowest BCUT2D eigenvalue weighted by Gasteiger charge is -2.25. The lowest BCUT2D eigenvalue weighted by Crippen LogP contribution is -2.10. The number of hydrogen-bond donors (Lipinski definition) is 0. The number of fused-ring (bicyclic) bond motifs is 7. The first-order valence-electron chi connectivity index (χ1n) is 16.2. The van der Waals surface area contributed by atoms with Crippen LogP contribution in [0.3, 0.4) is 0 Å². The first kappa shape index (κ1) is 27.8. The van der Waals surface area contributed by atoms with Crippen molar-refractivity contribution in [1.82, 2.24) is 4.98 Å². The zero-order valence-corrected chi connectivity index (χ0v) is 26.1. The van der Waals surface area contributed by atoms with Crippen LogP contribution in [0.25, 0.3) is 55.8 Å². The van der Waals surface area contributed by atoms with E-state index in [4.69, 9.17) is 4.42 Å². The molecule has 2 aromatic heterocycles. The molecule has 2 heterocycles. The maximum absolute atomic E-state index is 6.34. The van der Waals surface area contributed by atoms with Crippen LogP contribution in [0.5, 0.6) is 0 Å². The number of nitrogens with zero attached hydrogens (tertiary/aromatic N) is 2. The van der Waals surface area contributed by atoms with E-state index in [0.29, 0.717) is 0 Å². The molecule has 2 bridgehead atoms. The molecule has 0 saturated heterocycles. The van der Waals surface area contributed by atoms with Crippen molar-refractivity contribution in [2.75, 3.05) is 4.90 Å². The van der Waals surface area contributed by atoms with Gasteiger partial charge in [-0.25, -0.2) is 0 Å². The largest absolute Gasteiger partial charge is 0.455 e. The first-order valence-corrected chi connectivity index (χ1v) is 16.2. The summed E-state index contributed by atoms with van der Waals surface area (Å²) in [5.74, 6) is 0. The molecule has 0 amide bonds. The Morgan fingerprint density at radius 2 is 1.21 bits per heavy atom. The van der Waals surface area contributed by atoms with Gasteiger partial charge in [0.15, 0.2) is 0 Å². The third-order valence-electron chi connectivity index (χ3n) is 9.17. The summed E-state index contributed by atoms with van der Waals surface area (Å²) in [5.41, 5.74) is 14.3. The van der Waals surface area contributed by atoms with E-state index in [9.17, 15) is 0 Å². The summed E-state index contributed by atoms with van der Waals surface area (Å²) in [7, 11) is 0. The van der Waals surface area contributed by atoms with Gasteiger partial charge >= 0.3 is 0 Å². The van der Waals surface area contributed by atoms with E-state index in [2.05, 4.69) is 162 Å². The van der Waals surface area contributed by atoms with Crippen LogP contribution in [0.15, 0.2) is 181 Å². The minimum atomic E-state index is 0.905. The first-order chi connectivity index (χ1) is 23.8. The second kappa shape index (κ2) is 11.7. The van der Waals surface area contributed by atoms with Gasteiger partial charge in [0.25, 0.3) is 0 Å². The summed E-state index contributed by atoms with van der Waals surface area (Å²) < 4.78 is 6.34. The summed E-state index contributed by atoms with van der Waals surface area (Å²) in [6, 6.07) is 53.6. The number of pyridine rings is 1. The predicted molar refractivity (Wildman–Crippen MR) is 200 cm³/mol. The average Bonchev–Trinajstić information content (AvgIpc) is 3.55. The van der Waals surface area contributed by atoms with Crippen molar-refractivity contribution < 1.29 is 4.42 Å². The van der Waals surface area contributed by atoms with E-state index < -0.39 is 0 Å². The highest BCUT2D eigenvalue weighted by Gasteiger charge is 2.16. The Morgan fingerprint density at radius 3 is 2.04 bits per heavy atom. The molecule has 9 rings (SSSR count). The lowest BCUT2D eigenvalue weighted by molar-refractivity contribution is 0.670. The molecule has 8 aromatic rings. The van der Waals surface area contributed by atoms with Crippen molar-refractivity contribution in [1.29, 1.82) is 0 Å². The Hall–Kier alpha value is -6.45. The highest BCUT2D eigenvalue weighted by Crippen LogP contribution is 2.39. The lowest BCUT2D eigenvalue weighted by atomic mass is 9.94. The molecule has 0 atom stereocenters. The van der Waals surface area contributed by atoms with Gasteiger partial charge in [-0.2, -0.15) is 0 Å². The van der Waals surface area contributed by atoms with Crippen LogP contribution in [0.2, 0.25) is 0 Å². The van der Waals surface area contributed by atoms with Gasteiger partial charge in [-0.1, -0.05) is 121 Å². The summed E-state index contributed by atoms with van der Waals surface area (Å²) in [4.78, 5) is 6.70. The van der Waals surface area contributed by atoms with E-state index in [0.717, 1.165) is 55.7 Å². The Kier molecular flexibility index (Phi) is 6.80. The molecule has 226 valence electrons. The highest BCUT2D eigenvalue weighted by atomic mass is 16.3. The normalized spacial score (nSPS) is 12.2. The number of para-hydroxylation sites is 2. The number of aromatic nitrogens is 1. The molecule has 3 nitrogen and oxygen atoms in total. The van der Waals surface area contributed by atoms with Crippen molar-refractivity contribution in [2.24, 2.45) is 0 Å². The van der Waals surface area contributed by atoms with Gasteiger partial charge in [-0.15, -0.1) is 0 Å². The summed E-state index contributed by atoms with van der Waals surface area (Å²) in [6.07, 6.45) is 10.3. The molecule has 0 N–H and O–H groups in total. The Balaban J connectivity index is 1.08. The van der Waals surface area contributed by atoms with Crippen molar-refractivity contribution in [3.05, 3.63) is 193 Å². The van der Waals surface area contributed by atoms with Gasteiger partial charge in [0.2, 0.25) is 0 Å². The van der Waals surface area contributed by atoms with E-state index in [1.807, 2.05) is 30.6 Å². The van der Waals surface area contributed by atoms with Crippen LogP contribution >= 0.6 is 0 Å². The Bertz CT molecular complexity index is 2490. The molecule has 3 heteroatoms. The summed E-state index contributed by atoms with van der Waals surface area (Å²) in [5, 5.41) is 2.27. The number of hydrogen-bond acceptors (Lipinski definition) is 3. The predicted octanol–water partition coefficient (Wildman–Crippen LogP) is 12.2. The molecule has 6 aromatic carbocycles. The minimum Gasteiger partial charge on any atom is -0.455 e. The van der Waals surface area contributed by atoms with Gasteiger partial charge in [-0.3, -0.25) is 4.98 Å². The molecule has 0 saturated carbocycles. The van der Waals surface area contributed by atoms with Gasteiger partial charge < -0.3 is 9.32 Å². The maximum Gasteiger partial charge on any atom is 0.143 e. The van der Waals surface area contributed by atoms with E-state index in [1.165, 1.54) is 27.8 Å². The average molecular weight is 615 g/mol. The van der Waals surface area contributed by atoms with E-state index >= 15 is 0 Å². The third-order valence-corrected chi connectivity index (χ3v) is 9.17. The number of rotatable bonds is 5. The smallest absolute Gasteiger partial charge is 0.143 e. The molecule has 0 spiro atoms. The number of anilines is 3. The molecular weight excluding hydrogens is 585 g/mol. The zero-order chi connectivity index (χ0) is 31.9. The third kappa shape index (κ3) is 4.90. The fourth-order valence-corrected chi connectivity index (χ4v) is 6.85. The molecular formula is C45H30N2O. The monoisotopic (exact) mass is 614 g/mol. The number of allylic oxidation sites excluding steroid dienone is 2. The van der Waals surface area contributed by atoms with Crippen LogP contribution in [-0.2, 0) is 0 Å². The Morgan fingerprint density at radius 1 is 0.500 bits per heavy atom. The summed E-state index contributed by atoms with van der Waals surface area (Å²) in [6.45, 7) is 0. The molecule has 0 radical (unpaired) electrons. The highest BCUT2D eigenvalue weighted by molar-refractivity contribution is 6.09. The van der Waals surface area contributed by atoms with Crippen LogP contribution < -0.4 is 4.90 Å². The Labute approximate surface area is 279 Å².